The first-order valence-electron chi connectivity index (χ1n) is 15.5. The van der Waals surface area contributed by atoms with E-state index in [4.69, 9.17) is 14.2 Å². The highest BCUT2D eigenvalue weighted by molar-refractivity contribution is 5.76. The minimum Gasteiger partial charge on any atom is -0.507 e. The molecular weight excluding hydrogens is 572 g/mol. The number of rotatable bonds is 6. The summed E-state index contributed by atoms with van der Waals surface area (Å²) < 4.78 is 17.5. The molecule has 0 radical (unpaired) electrons. The molecule has 3 aromatic carbocycles. The lowest BCUT2D eigenvalue weighted by atomic mass is 9.71. The van der Waals surface area contributed by atoms with Crippen LogP contribution in [0.2, 0.25) is 0 Å². The highest BCUT2D eigenvalue weighted by Crippen LogP contribution is 2.58. The smallest absolute Gasteiger partial charge is 0.231 e. The molecule has 4 aliphatic rings. The summed E-state index contributed by atoms with van der Waals surface area (Å²) in [6.07, 6.45) is 1.91. The monoisotopic (exact) mass is 610 g/mol. The minimum atomic E-state index is -0.533. The van der Waals surface area contributed by atoms with Crippen molar-refractivity contribution in [1.82, 2.24) is 15.1 Å². The molecule has 234 valence electrons. The van der Waals surface area contributed by atoms with Gasteiger partial charge in [-0.05, 0) is 56.8 Å². The Morgan fingerprint density at radius 3 is 2.58 bits per heavy atom. The van der Waals surface area contributed by atoms with E-state index < -0.39 is 12.1 Å². The summed E-state index contributed by atoms with van der Waals surface area (Å²) in [7, 11) is 3.56. The number of nitrogens with zero attached hydrogens (tertiary/aromatic N) is 3. The van der Waals surface area contributed by atoms with Gasteiger partial charge in [0, 0.05) is 47.3 Å². The van der Waals surface area contributed by atoms with Crippen molar-refractivity contribution < 1.29 is 29.2 Å². The predicted octanol–water partition coefficient (Wildman–Crippen LogP) is 3.97. The maximum Gasteiger partial charge on any atom is 0.231 e. The van der Waals surface area contributed by atoms with Gasteiger partial charge in [0.05, 0.1) is 25.3 Å². The Hall–Kier alpha value is -4.46. The van der Waals surface area contributed by atoms with Gasteiger partial charge in [0.1, 0.15) is 11.8 Å². The molecule has 0 saturated carbocycles. The summed E-state index contributed by atoms with van der Waals surface area (Å²) in [5.74, 6) is 1.64. The van der Waals surface area contributed by atoms with Gasteiger partial charge in [-0.25, -0.2) is 0 Å². The number of aryl methyl sites for hydroxylation is 2. The van der Waals surface area contributed by atoms with Crippen LogP contribution in [0.5, 0.6) is 28.7 Å². The van der Waals surface area contributed by atoms with Gasteiger partial charge >= 0.3 is 0 Å². The molecule has 0 aliphatic carbocycles. The van der Waals surface area contributed by atoms with Crippen molar-refractivity contribution in [1.29, 1.82) is 5.26 Å². The summed E-state index contributed by atoms with van der Waals surface area (Å²) in [5.41, 5.74) is 5.78. The number of hydrogen-bond donors (Lipinski definition) is 3. The number of amides is 1. The highest BCUT2D eigenvalue weighted by Gasteiger charge is 2.56. The van der Waals surface area contributed by atoms with Gasteiger partial charge in [-0.1, -0.05) is 36.4 Å². The lowest BCUT2D eigenvalue weighted by Gasteiger charge is -2.60. The van der Waals surface area contributed by atoms with Crippen LogP contribution in [0.3, 0.4) is 0 Å². The molecule has 5 atom stereocenters. The molecule has 4 heterocycles. The van der Waals surface area contributed by atoms with Crippen molar-refractivity contribution in [2.75, 3.05) is 27.5 Å². The van der Waals surface area contributed by atoms with E-state index in [1.54, 1.807) is 7.11 Å². The summed E-state index contributed by atoms with van der Waals surface area (Å²) in [6, 6.07) is 12.8. The Kier molecular flexibility index (Phi) is 7.26. The Labute approximate surface area is 262 Å². The fourth-order valence-electron chi connectivity index (χ4n) is 8.24. The fraction of sp³-hybridized carbons (Fsp3) is 0.429. The van der Waals surface area contributed by atoms with Gasteiger partial charge in [-0.15, -0.1) is 0 Å². The van der Waals surface area contributed by atoms with Gasteiger partial charge in [0.2, 0.25) is 12.7 Å². The van der Waals surface area contributed by atoms with E-state index in [0.717, 1.165) is 33.4 Å². The van der Waals surface area contributed by atoms with Crippen LogP contribution < -0.4 is 19.5 Å². The number of nitriles is 1. The van der Waals surface area contributed by atoms with Crippen LogP contribution in [0.1, 0.15) is 57.4 Å². The van der Waals surface area contributed by atoms with Crippen molar-refractivity contribution in [2.45, 2.75) is 69.7 Å². The van der Waals surface area contributed by atoms with Crippen molar-refractivity contribution >= 4 is 5.91 Å². The third-order valence-electron chi connectivity index (χ3n) is 10.3. The zero-order valence-corrected chi connectivity index (χ0v) is 26.0. The molecular formula is C35H38N4O6. The van der Waals surface area contributed by atoms with E-state index in [2.05, 4.69) is 27.3 Å². The molecule has 45 heavy (non-hydrogen) atoms. The first-order valence-corrected chi connectivity index (χ1v) is 15.5. The molecule has 0 spiro atoms. The molecule has 10 heteroatoms. The number of aromatic hydroxyl groups is 2. The lowest BCUT2D eigenvalue weighted by molar-refractivity contribution is -0.122. The van der Waals surface area contributed by atoms with Gasteiger partial charge in [0.25, 0.3) is 0 Å². The van der Waals surface area contributed by atoms with E-state index in [9.17, 15) is 20.3 Å². The number of nitrogens with one attached hydrogen (secondary N) is 1. The lowest BCUT2D eigenvalue weighted by Crippen LogP contribution is -2.68. The number of carbonyl (C=O) groups excluding carboxylic acids is 1. The average Bonchev–Trinajstić information content (AvgIpc) is 3.53. The van der Waals surface area contributed by atoms with Crippen molar-refractivity contribution in [2.24, 2.45) is 0 Å². The molecule has 4 aliphatic heterocycles. The molecule has 10 nitrogen and oxygen atoms in total. The molecule has 3 aromatic rings. The maximum absolute atomic E-state index is 13.2. The van der Waals surface area contributed by atoms with Crippen molar-refractivity contribution in [3.05, 3.63) is 75.3 Å². The van der Waals surface area contributed by atoms with Crippen molar-refractivity contribution in [3.8, 4) is 34.8 Å². The Balaban J connectivity index is 1.33. The number of piperazine rings is 1. The summed E-state index contributed by atoms with van der Waals surface area (Å²) in [6.45, 7) is 3.97. The standard InChI is InChI=1S/C35H38N4O6/c1-18-12-21-13-23-25(15-36)39-24(30(38(23)3)28(21)32(42)33(18)43-4)14-22-29(35-34(44-17-45-35)19(2)31(22)41)26(39)16-37-27(40)11-10-20-8-6-5-7-9-20/h5-9,12,23-26,30,41-42H,10-11,13-14,16-17H2,1-4H3,(H,37,40)/t23-,24?,25-,26?,30-/m0/s1. The number of hydrogen-bond acceptors (Lipinski definition) is 9. The molecule has 1 saturated heterocycles. The predicted molar refractivity (Wildman–Crippen MR) is 166 cm³/mol. The quantitative estimate of drug-likeness (QED) is 0.380. The van der Waals surface area contributed by atoms with Gasteiger partial charge < -0.3 is 29.7 Å². The van der Waals surface area contributed by atoms with E-state index in [-0.39, 0.29) is 48.9 Å². The van der Waals surface area contributed by atoms with Gasteiger partial charge in [-0.3, -0.25) is 14.6 Å². The second kappa shape index (κ2) is 11.2. The van der Waals surface area contributed by atoms with Crippen LogP contribution in [-0.4, -0.2) is 71.5 Å². The molecule has 1 fully saturated rings. The van der Waals surface area contributed by atoms with Crippen LogP contribution >= 0.6 is 0 Å². The normalized spacial score (nSPS) is 24.6. The second-order valence-electron chi connectivity index (χ2n) is 12.6. The number of carbonyl (C=O) groups is 1. The minimum absolute atomic E-state index is 0.0295. The number of fused-ring (bicyclic) bond motifs is 9. The summed E-state index contributed by atoms with van der Waals surface area (Å²) >= 11 is 0. The Morgan fingerprint density at radius 1 is 1.09 bits per heavy atom. The van der Waals surface area contributed by atoms with Gasteiger partial charge in [0.15, 0.2) is 23.0 Å². The van der Waals surface area contributed by atoms with E-state index in [1.165, 1.54) is 0 Å². The van der Waals surface area contributed by atoms with Crippen LogP contribution in [0, 0.1) is 25.2 Å². The third-order valence-corrected chi connectivity index (χ3v) is 10.3. The zero-order valence-electron chi connectivity index (χ0n) is 26.0. The topological polar surface area (TPSA) is 128 Å². The molecule has 2 bridgehead atoms. The molecule has 7 rings (SSSR count). The first-order chi connectivity index (χ1) is 21.7. The summed E-state index contributed by atoms with van der Waals surface area (Å²) in [5, 5.41) is 37.1. The van der Waals surface area contributed by atoms with Crippen LogP contribution in [0.15, 0.2) is 36.4 Å². The Morgan fingerprint density at radius 2 is 1.84 bits per heavy atom. The number of methoxy groups -OCH3 is 1. The fourth-order valence-corrected chi connectivity index (χ4v) is 8.24. The zero-order chi connectivity index (χ0) is 31.6. The van der Waals surface area contributed by atoms with Crippen LogP contribution in [0.4, 0.5) is 0 Å². The van der Waals surface area contributed by atoms with Crippen LogP contribution in [-0.2, 0) is 24.1 Å². The number of phenolic OH excluding ortho intramolecular Hbond substituents is 2. The largest absolute Gasteiger partial charge is 0.507 e. The molecule has 1 amide bonds. The first kappa shape index (κ1) is 29.3. The molecule has 0 aromatic heterocycles. The third kappa shape index (κ3) is 4.48. The number of phenols is 2. The second-order valence-corrected chi connectivity index (χ2v) is 12.6. The highest BCUT2D eigenvalue weighted by atomic mass is 16.7. The summed E-state index contributed by atoms with van der Waals surface area (Å²) in [4.78, 5) is 17.6. The van der Waals surface area contributed by atoms with E-state index in [1.807, 2.05) is 51.2 Å². The average molecular weight is 611 g/mol. The van der Waals surface area contributed by atoms with E-state index in [0.29, 0.717) is 48.5 Å². The Bertz CT molecular complexity index is 1720. The molecule has 2 unspecified atom stereocenters. The van der Waals surface area contributed by atoms with E-state index >= 15 is 0 Å². The van der Waals surface area contributed by atoms with Crippen molar-refractivity contribution in [3.63, 3.8) is 0 Å². The van der Waals surface area contributed by atoms with Crippen LogP contribution in [0.25, 0.3) is 0 Å². The number of benzene rings is 3. The SMILES string of the molecule is COc1c(C)cc2c(c1O)[C@@H]1C3Cc4c(O)c(C)c5c(c4C(CNC(=O)CCc4ccccc4)N3[C@@H](C#N)[C@H](C2)N1C)OCO5. The number of likely N-dealkylation sites (N-methyl/N-ethyl adjacent to an activating group) is 1. The maximum atomic E-state index is 13.2. The molecule has 3 N–H and O–H groups in total. The number of ether oxygens (including phenoxy) is 3. The van der Waals surface area contributed by atoms with Gasteiger partial charge in [-0.2, -0.15) is 5.26 Å².